The summed E-state index contributed by atoms with van der Waals surface area (Å²) in [4.78, 5) is 72.1. The zero-order valence-electron chi connectivity index (χ0n) is 63.6. The molecule has 0 saturated heterocycles. The van der Waals surface area contributed by atoms with Crippen molar-refractivity contribution in [3.63, 3.8) is 0 Å². The Labute approximate surface area is 631 Å². The number of rotatable bonds is 3. The largest absolute Gasteiger partial charge is 0.451 e. The van der Waals surface area contributed by atoms with Crippen LogP contribution in [0.15, 0.2) is 130 Å². The van der Waals surface area contributed by atoms with Gasteiger partial charge in [-0.3, -0.25) is 9.59 Å². The smallest absolute Gasteiger partial charge is 0.331 e. The van der Waals surface area contributed by atoms with Crippen LogP contribution in [0.2, 0.25) is 0 Å². The maximum absolute atomic E-state index is 12.1. The molecule has 4 spiro atoms. The van der Waals surface area contributed by atoms with Crippen LogP contribution in [0.1, 0.15) is 202 Å². The Balaban J connectivity index is 0.0000000914. The van der Waals surface area contributed by atoms with E-state index in [9.17, 15) is 34.0 Å². The van der Waals surface area contributed by atoms with Crippen molar-refractivity contribution in [3.05, 3.63) is 120 Å². The van der Waals surface area contributed by atoms with Crippen LogP contribution in [0.25, 0.3) is 0 Å². The van der Waals surface area contributed by atoms with Crippen molar-refractivity contribution in [2.45, 2.75) is 224 Å². The third-order valence-electron chi connectivity index (χ3n) is 37.4. The van der Waals surface area contributed by atoms with E-state index in [1.165, 1.54) is 92.9 Å². The van der Waals surface area contributed by atoms with Crippen molar-refractivity contribution in [3.8, 4) is 0 Å². The lowest BCUT2D eigenvalue weighted by molar-refractivity contribution is -0.174. The number of fused-ring (bicyclic) bond motifs is 36. The maximum Gasteiger partial charge on any atom is 0.331 e. The molecule has 14 heteroatoms. The van der Waals surface area contributed by atoms with Crippen molar-refractivity contribution < 1.29 is 58.1 Å². The molecule has 566 valence electrons. The van der Waals surface area contributed by atoms with Crippen LogP contribution in [-0.2, 0) is 47.7 Å². The Morgan fingerprint density at radius 3 is 1.48 bits per heavy atom. The highest BCUT2D eigenvalue weighted by molar-refractivity contribution is 5.97. The Hall–Kier alpha value is -6.44. The molecule has 4 heterocycles. The molecule has 0 aromatic rings. The summed E-state index contributed by atoms with van der Waals surface area (Å²) in [5.74, 6) is 17.0. The molecule has 2 N–H and O–H groups in total. The lowest BCUT2D eigenvalue weighted by Crippen LogP contribution is -2.57. The van der Waals surface area contributed by atoms with Crippen molar-refractivity contribution in [1.29, 1.82) is 0 Å². The van der Waals surface area contributed by atoms with E-state index in [2.05, 4.69) is 106 Å². The fraction of sp³-hybridized carbons (Fsp3) is 0.699. The van der Waals surface area contributed by atoms with Gasteiger partial charge in [0.05, 0.1) is 11.4 Å². The predicted octanol–water partition coefficient (Wildman–Crippen LogP) is 17.1. The Morgan fingerprint density at radius 2 is 0.907 bits per heavy atom. The highest BCUT2D eigenvalue weighted by Crippen LogP contribution is 2.83. The van der Waals surface area contributed by atoms with E-state index in [0.717, 1.165) is 143 Å². The van der Waals surface area contributed by atoms with Gasteiger partial charge in [0.1, 0.15) is 22.4 Å². The topological polar surface area (TPSA) is 205 Å². The van der Waals surface area contributed by atoms with Crippen LogP contribution in [0.4, 0.5) is 0 Å². The van der Waals surface area contributed by atoms with E-state index in [1.54, 1.807) is 24.3 Å². The number of ketones is 2. The van der Waals surface area contributed by atoms with Gasteiger partial charge in [-0.15, -0.1) is 6.58 Å². The molecule has 15 fully saturated rings. The third kappa shape index (κ3) is 9.05. The molecule has 20 aliphatic carbocycles. The number of carbonyl (C=O) groups excluding carboxylic acids is 6. The zero-order chi connectivity index (χ0) is 73.2. The molecule has 0 aromatic carbocycles. The summed E-state index contributed by atoms with van der Waals surface area (Å²) in [5, 5.41) is 25.3. The Kier molecular flexibility index (Phi) is 15.1. The van der Waals surface area contributed by atoms with Gasteiger partial charge in [0, 0.05) is 82.5 Å². The quantitative estimate of drug-likeness (QED) is 0.0890. The molecule has 24 rings (SSSR count). The summed E-state index contributed by atoms with van der Waals surface area (Å²) < 4.78 is 24.4. The molecule has 24 aliphatic rings. The fourth-order valence-electron chi connectivity index (χ4n) is 33.8. The van der Waals surface area contributed by atoms with Gasteiger partial charge in [0.25, 0.3) is 0 Å². The van der Waals surface area contributed by atoms with Crippen LogP contribution in [0.5, 0.6) is 0 Å². The van der Waals surface area contributed by atoms with E-state index in [-0.39, 0.29) is 67.9 Å². The molecule has 14 nitrogen and oxygen atoms in total. The molecule has 0 bridgehead atoms. The molecule has 0 aromatic heterocycles. The number of hydrogen-bond acceptors (Lipinski definition) is 14. The van der Waals surface area contributed by atoms with Crippen LogP contribution in [0.3, 0.4) is 0 Å². The Morgan fingerprint density at radius 1 is 0.449 bits per heavy atom. The van der Waals surface area contributed by atoms with Crippen molar-refractivity contribution in [2.75, 3.05) is 0 Å². The van der Waals surface area contributed by atoms with E-state index < -0.39 is 0 Å². The number of allylic oxidation sites excluding steroid dienone is 9. The number of esters is 4. The van der Waals surface area contributed by atoms with Crippen molar-refractivity contribution in [1.82, 2.24) is 0 Å². The highest BCUT2D eigenvalue weighted by atomic mass is 16.6. The second-order valence-electron chi connectivity index (χ2n) is 40.1. The minimum Gasteiger partial charge on any atom is -0.451 e. The van der Waals surface area contributed by atoms with Gasteiger partial charge < -0.3 is 29.4 Å². The first-order chi connectivity index (χ1) is 51.7. The normalized spacial score (nSPS) is 54.3. The number of hydrogen-bond donors (Lipinski definition) is 2. The first-order valence-corrected chi connectivity index (χ1v) is 43.0. The summed E-state index contributed by atoms with van der Waals surface area (Å²) in [7, 11) is 0. The van der Waals surface area contributed by atoms with Crippen LogP contribution in [-0.4, -0.2) is 79.7 Å². The molecule has 107 heavy (non-hydrogen) atoms. The number of carbonyl (C=O) groups is 6. The van der Waals surface area contributed by atoms with Crippen LogP contribution in [0, 0.1) is 176 Å². The number of ether oxygens (including phenoxy) is 4. The average Bonchev–Trinajstić information content (AvgIpc) is 1.51. The molecular weight excluding hydrogens is 1340 g/mol. The van der Waals surface area contributed by atoms with E-state index in [1.807, 2.05) is 12.2 Å². The molecule has 22 unspecified atom stereocenters. The molecule has 4 aliphatic heterocycles. The monoisotopic (exact) mass is 1450 g/mol. The van der Waals surface area contributed by atoms with E-state index in [0.29, 0.717) is 130 Å². The standard InChI is InChI=1S/C24H29NO3.C24H30O3.C23H28O3.C22H25NO3/c1-3-13-10-14-11-15(25-27)4-5-16(14)17-6-8-23(2)22(21(13)17)18-12-19(18)24(23)9-7-20(26)28-24;1-3-23-8-6-17-16-5-4-15(25)11-14(16)10-13(2)21(17)22(23)18-12-19(18)24(23)9-7-20(26)27-24;1-2-22-9-7-16-15-6-4-14(24)11-13(15)3-5-17(16)21(22)18-12-19(18)23(22)10-8-20(25)26-23;1-21-8-6-15-14-5-3-13(23-25)10-12(14)2-4-16(15)20(21)17-11-18(17)22(21)9-7-19(24)26-22/h3,7,9,11,13,16-19,21-22,27H,1,4-6,8,10,12H2,2H3;7,9,11,13,16-19,21-22H,3-6,8,10,12H2,1-2H3;8,10-11,15-19,21H,2-7,9,12H2,1H3;2,4,7,9-10,14-18,20,25H,3,5-6,8,11H2,1H3/b25-15+;;;23-13+/t2*13?,16-,17?,18?,19?,21?,22?,23-,24-;15-,16?,17?,18?,19?,21?,22-,23-;14-,15?,16?,17?,18?,20?,21-,22-/m0000/s1. The lowest BCUT2D eigenvalue weighted by Gasteiger charge is -2.59. The van der Waals surface area contributed by atoms with Gasteiger partial charge >= 0.3 is 23.9 Å². The summed E-state index contributed by atoms with van der Waals surface area (Å²) in [6.45, 7) is 16.1. The van der Waals surface area contributed by atoms with Gasteiger partial charge in [-0.1, -0.05) is 79.9 Å². The molecule has 34 atom stereocenters. The van der Waals surface area contributed by atoms with Gasteiger partial charge in [-0.25, -0.2) is 19.2 Å². The third-order valence-corrected chi connectivity index (χ3v) is 37.4. The minimum atomic E-state index is -0.352. The van der Waals surface area contributed by atoms with Crippen molar-refractivity contribution >= 4 is 46.9 Å². The first-order valence-electron chi connectivity index (χ1n) is 43.0. The minimum absolute atomic E-state index is 0.0548. The SMILES string of the molecule is C=CC1CC2=C/C(=N/O)CC[C@@H]2C2CC[C@@]3(C)C(C4CC4[C@@]34C=CC(=O)O4)C12.CC[C@]12CCC3C(C(C)CC4=CC(=O)CC[C@@H]43)C1C1CC1[C@@]21C=CC(=O)O1.CC[C@]12CCC3C(CCC4=CC(=O)CC[C@@H]43)C1C1CC1[C@@]21C=CC(=O)O1.C[C@]12CCC3C(C=CC4=C/C(=N/O)CC[C@@H]43)C1C1CC1[C@@]21C=CC(=O)O1. The van der Waals surface area contributed by atoms with Crippen LogP contribution >= 0.6 is 0 Å². The molecule has 0 radical (unpaired) electrons. The molecular formula is C93H112N2O12. The molecule has 0 amide bonds. The van der Waals surface area contributed by atoms with Gasteiger partial charge in [-0.05, 0) is 338 Å². The molecule has 15 saturated carbocycles. The summed E-state index contributed by atoms with van der Waals surface area (Å²) in [5.41, 5.74) is 6.52. The fourth-order valence-corrected chi connectivity index (χ4v) is 33.8. The summed E-state index contributed by atoms with van der Waals surface area (Å²) >= 11 is 0. The second kappa shape index (κ2) is 23.6. The van der Waals surface area contributed by atoms with E-state index in [4.69, 9.17) is 24.2 Å². The summed E-state index contributed by atoms with van der Waals surface area (Å²) in [6.07, 6.45) is 59.3. The van der Waals surface area contributed by atoms with Crippen LogP contribution < -0.4 is 0 Å². The Bertz CT molecular complexity index is 4310. The zero-order valence-corrected chi connectivity index (χ0v) is 63.6. The average molecular weight is 1450 g/mol. The number of nitrogens with zero attached hydrogens (tertiary/aromatic N) is 2. The lowest BCUT2D eigenvalue weighted by atomic mass is 9.46. The second-order valence-corrected chi connectivity index (χ2v) is 40.1. The summed E-state index contributed by atoms with van der Waals surface area (Å²) in [6, 6.07) is 0. The predicted molar refractivity (Wildman–Crippen MR) is 401 cm³/mol. The van der Waals surface area contributed by atoms with Gasteiger partial charge in [0.2, 0.25) is 0 Å². The maximum atomic E-state index is 12.1. The van der Waals surface area contributed by atoms with Gasteiger partial charge in [-0.2, -0.15) is 0 Å². The first kappa shape index (κ1) is 68.6. The number of oxime groups is 2. The van der Waals surface area contributed by atoms with Crippen molar-refractivity contribution in [2.24, 2.45) is 186 Å². The highest BCUT2D eigenvalue weighted by Gasteiger charge is 2.83. The van der Waals surface area contributed by atoms with Gasteiger partial charge in [0.15, 0.2) is 11.6 Å². The van der Waals surface area contributed by atoms with E-state index >= 15 is 0 Å².